The molecule has 29 heavy (non-hydrogen) atoms. The molecular weight excluding hydrogens is 408 g/mol. The van der Waals surface area contributed by atoms with Crippen molar-refractivity contribution in [2.75, 3.05) is 23.5 Å². The molecule has 0 aliphatic carbocycles. The van der Waals surface area contributed by atoms with Gasteiger partial charge in [0, 0.05) is 10.9 Å². The second kappa shape index (κ2) is 7.84. The number of methoxy groups -OCH3 is 1. The maximum atomic E-state index is 12.6. The van der Waals surface area contributed by atoms with Gasteiger partial charge in [-0.3, -0.25) is 4.79 Å². The summed E-state index contributed by atoms with van der Waals surface area (Å²) in [6.07, 6.45) is 0.184. The van der Waals surface area contributed by atoms with Crippen molar-refractivity contribution in [2.45, 2.75) is 24.6 Å². The Labute approximate surface area is 174 Å². The Morgan fingerprint density at radius 3 is 2.66 bits per heavy atom. The molecule has 152 valence electrons. The fourth-order valence-corrected chi connectivity index (χ4v) is 7.64. The van der Waals surface area contributed by atoms with E-state index in [0.29, 0.717) is 5.17 Å². The quantitative estimate of drug-likeness (QED) is 0.743. The Morgan fingerprint density at radius 2 is 1.97 bits per heavy atom. The lowest BCUT2D eigenvalue weighted by molar-refractivity contribution is -0.117. The van der Waals surface area contributed by atoms with Gasteiger partial charge in [0.15, 0.2) is 15.0 Å². The molecule has 6 nitrogen and oxygen atoms in total. The Morgan fingerprint density at radius 1 is 1.21 bits per heavy atom. The Kier molecular flexibility index (Phi) is 5.40. The molecule has 0 radical (unpaired) electrons. The van der Waals surface area contributed by atoms with E-state index in [1.54, 1.807) is 7.11 Å². The molecule has 0 saturated carbocycles. The predicted octanol–water partition coefficient (Wildman–Crippen LogP) is 2.85. The third kappa shape index (κ3) is 4.33. The van der Waals surface area contributed by atoms with E-state index in [1.807, 2.05) is 60.4 Å². The number of nitrogens with zero attached hydrogens (tertiary/aromatic N) is 2. The van der Waals surface area contributed by atoms with Gasteiger partial charge < -0.3 is 9.64 Å². The minimum atomic E-state index is -3.08. The van der Waals surface area contributed by atoms with Crippen LogP contribution in [-0.2, 0) is 21.1 Å². The average Bonchev–Trinajstić information content (AvgIpc) is 3.12. The molecule has 0 N–H and O–H groups in total. The third-order valence-corrected chi connectivity index (χ3v) is 8.29. The first-order valence-corrected chi connectivity index (χ1v) is 12.0. The Balaban J connectivity index is 1.61. The van der Waals surface area contributed by atoms with Gasteiger partial charge in [0.2, 0.25) is 0 Å². The molecule has 0 unspecified atom stereocenters. The maximum Gasteiger partial charge on any atom is 0.252 e. The molecule has 1 amide bonds. The molecule has 2 aromatic carbocycles. The summed E-state index contributed by atoms with van der Waals surface area (Å²) in [4.78, 5) is 18.9. The van der Waals surface area contributed by atoms with Gasteiger partial charge in [-0.15, -0.1) is 0 Å². The highest BCUT2D eigenvalue weighted by atomic mass is 32.2. The van der Waals surface area contributed by atoms with Gasteiger partial charge in [0.1, 0.15) is 5.75 Å². The first-order valence-electron chi connectivity index (χ1n) is 9.32. The van der Waals surface area contributed by atoms with Crippen molar-refractivity contribution in [3.63, 3.8) is 0 Å². The van der Waals surface area contributed by atoms with Crippen LogP contribution in [0.2, 0.25) is 0 Å². The van der Waals surface area contributed by atoms with Gasteiger partial charge in [0.05, 0.1) is 31.1 Å². The van der Waals surface area contributed by atoms with Gasteiger partial charge >= 0.3 is 0 Å². The number of rotatable bonds is 4. The molecule has 2 heterocycles. The van der Waals surface area contributed by atoms with Crippen LogP contribution in [-0.4, -0.2) is 49.4 Å². The molecule has 8 heteroatoms. The highest BCUT2D eigenvalue weighted by Gasteiger charge is 2.49. The fraction of sp³-hybridized carbons (Fsp3) is 0.333. The first-order chi connectivity index (χ1) is 13.8. The van der Waals surface area contributed by atoms with Crippen LogP contribution in [0.1, 0.15) is 11.1 Å². The van der Waals surface area contributed by atoms with Crippen LogP contribution >= 0.6 is 11.8 Å². The van der Waals surface area contributed by atoms with Crippen molar-refractivity contribution in [1.29, 1.82) is 0 Å². The first kappa shape index (κ1) is 20.0. The molecule has 2 atom stereocenters. The topological polar surface area (TPSA) is 76.0 Å². The van der Waals surface area contributed by atoms with E-state index in [4.69, 9.17) is 4.74 Å². The zero-order chi connectivity index (χ0) is 20.6. The van der Waals surface area contributed by atoms with Crippen LogP contribution in [0, 0.1) is 6.92 Å². The highest BCUT2D eigenvalue weighted by Crippen LogP contribution is 2.41. The molecule has 2 aliphatic heterocycles. The summed E-state index contributed by atoms with van der Waals surface area (Å²) in [6, 6.07) is 15.0. The predicted molar refractivity (Wildman–Crippen MR) is 117 cm³/mol. The molecule has 4 rings (SSSR count). The number of amidine groups is 1. The summed E-state index contributed by atoms with van der Waals surface area (Å²) >= 11 is 1.39. The zero-order valence-electron chi connectivity index (χ0n) is 16.2. The number of thioether (sulfide) groups is 1. The monoisotopic (exact) mass is 430 g/mol. The molecule has 2 saturated heterocycles. The zero-order valence-corrected chi connectivity index (χ0v) is 17.9. The number of fused-ring (bicyclic) bond motifs is 1. The van der Waals surface area contributed by atoms with Crippen molar-refractivity contribution < 1.29 is 17.9 Å². The molecule has 0 bridgehead atoms. The standard InChI is InChI=1S/C21H22N2O4S2/c1-14-4-3-5-16(10-14)23-18-12-29(25,26)13-19(18)28-21(23)22-20(24)11-15-6-8-17(27-2)9-7-15/h3-10,18-19H,11-13H2,1-2H3/t18-,19+/m0/s1. The van der Waals surface area contributed by atoms with E-state index in [-0.39, 0.29) is 35.1 Å². The molecule has 2 aliphatic rings. The molecule has 2 fully saturated rings. The number of hydrogen-bond donors (Lipinski definition) is 0. The fourth-order valence-electron chi connectivity index (χ4n) is 3.71. The number of anilines is 1. The number of benzene rings is 2. The lowest BCUT2D eigenvalue weighted by Gasteiger charge is -2.24. The van der Waals surface area contributed by atoms with Crippen LogP contribution in [0.15, 0.2) is 53.5 Å². The van der Waals surface area contributed by atoms with Crippen LogP contribution in [0.4, 0.5) is 5.69 Å². The van der Waals surface area contributed by atoms with E-state index >= 15 is 0 Å². The van der Waals surface area contributed by atoms with Gasteiger partial charge in [-0.1, -0.05) is 36.0 Å². The minimum Gasteiger partial charge on any atom is -0.497 e. The van der Waals surface area contributed by atoms with Crippen molar-refractivity contribution in [3.8, 4) is 5.75 Å². The highest BCUT2D eigenvalue weighted by molar-refractivity contribution is 8.16. The van der Waals surface area contributed by atoms with Crippen LogP contribution in [0.3, 0.4) is 0 Å². The van der Waals surface area contributed by atoms with Crippen molar-refractivity contribution >= 4 is 38.4 Å². The van der Waals surface area contributed by atoms with Gasteiger partial charge in [-0.25, -0.2) is 8.42 Å². The van der Waals surface area contributed by atoms with Gasteiger partial charge in [0.25, 0.3) is 5.91 Å². The number of hydrogen-bond acceptors (Lipinski definition) is 5. The van der Waals surface area contributed by atoms with Crippen molar-refractivity contribution in [2.24, 2.45) is 4.99 Å². The van der Waals surface area contributed by atoms with E-state index in [2.05, 4.69) is 4.99 Å². The third-order valence-electron chi connectivity index (χ3n) is 5.08. The van der Waals surface area contributed by atoms with Crippen molar-refractivity contribution in [3.05, 3.63) is 59.7 Å². The Hall–Kier alpha value is -2.32. The van der Waals surface area contributed by atoms with E-state index in [0.717, 1.165) is 22.6 Å². The summed E-state index contributed by atoms with van der Waals surface area (Å²) in [7, 11) is -1.48. The molecule has 2 aromatic rings. The van der Waals surface area contributed by atoms with Crippen LogP contribution in [0.5, 0.6) is 5.75 Å². The van der Waals surface area contributed by atoms with Crippen LogP contribution in [0.25, 0.3) is 0 Å². The minimum absolute atomic E-state index is 0.0876. The molecule has 0 aromatic heterocycles. The summed E-state index contributed by atoms with van der Waals surface area (Å²) in [5, 5.41) is 0.479. The maximum absolute atomic E-state index is 12.6. The normalized spacial score (nSPS) is 23.9. The Bertz CT molecular complexity index is 1060. The summed E-state index contributed by atoms with van der Waals surface area (Å²) in [6.45, 7) is 1.99. The average molecular weight is 431 g/mol. The summed E-state index contributed by atoms with van der Waals surface area (Å²) in [5.74, 6) is 0.692. The van der Waals surface area contributed by atoms with E-state index in [1.165, 1.54) is 11.8 Å². The van der Waals surface area contributed by atoms with E-state index in [9.17, 15) is 13.2 Å². The van der Waals surface area contributed by atoms with Crippen molar-refractivity contribution in [1.82, 2.24) is 0 Å². The number of carbonyl (C=O) groups is 1. The lowest BCUT2D eigenvalue weighted by Crippen LogP contribution is -2.37. The van der Waals surface area contributed by atoms with Gasteiger partial charge in [-0.2, -0.15) is 4.99 Å². The number of sulfone groups is 1. The number of ether oxygens (including phenoxy) is 1. The molecular formula is C21H22N2O4S2. The SMILES string of the molecule is COc1ccc(CC(=O)N=C2S[C@@H]3CS(=O)(=O)C[C@@H]3N2c2cccc(C)c2)cc1. The summed E-state index contributed by atoms with van der Waals surface area (Å²) in [5.41, 5.74) is 2.80. The smallest absolute Gasteiger partial charge is 0.252 e. The number of aliphatic imine (C=N–C) groups is 1. The molecule has 0 spiro atoms. The second-order valence-electron chi connectivity index (χ2n) is 7.32. The lowest BCUT2D eigenvalue weighted by atomic mass is 10.1. The number of carbonyl (C=O) groups excluding carboxylic acids is 1. The second-order valence-corrected chi connectivity index (χ2v) is 10.7. The van der Waals surface area contributed by atoms with Gasteiger partial charge in [-0.05, 0) is 42.3 Å². The largest absolute Gasteiger partial charge is 0.497 e. The van der Waals surface area contributed by atoms with Crippen LogP contribution < -0.4 is 9.64 Å². The van der Waals surface area contributed by atoms with E-state index < -0.39 is 9.84 Å². The summed E-state index contributed by atoms with van der Waals surface area (Å²) < 4.78 is 29.4. The number of aryl methyl sites for hydroxylation is 1. The number of amides is 1.